The molecule has 0 atom stereocenters. The summed E-state index contributed by atoms with van der Waals surface area (Å²) >= 11 is 5.56. The molecule has 0 saturated heterocycles. The first kappa shape index (κ1) is 26.7. The summed E-state index contributed by atoms with van der Waals surface area (Å²) in [6.45, 7) is 4.71. The Morgan fingerprint density at radius 3 is 2.33 bits per heavy atom. The number of halogens is 5. The highest BCUT2D eigenvalue weighted by molar-refractivity contribution is 6.31. The van der Waals surface area contributed by atoms with Crippen LogP contribution in [0.1, 0.15) is 29.9 Å². The standard InChI is InChI=1S/C24H21ClF4N4O3/c1-3-33(4-2)22(34)21-13-16(9-10-30-21)36-15-6-8-20(19(26)12-15)32-23(35)31-14-5-7-18(25)17(11-14)24(27,28)29/h5-13H,3-4H2,1-2H3,(H2,31,32,35). The first-order valence-electron chi connectivity index (χ1n) is 10.7. The zero-order chi connectivity index (χ0) is 26.5. The van der Waals surface area contributed by atoms with E-state index in [4.69, 9.17) is 16.3 Å². The molecule has 1 heterocycles. The second-order valence-electron chi connectivity index (χ2n) is 7.37. The van der Waals surface area contributed by atoms with E-state index in [1.165, 1.54) is 36.5 Å². The average molecular weight is 525 g/mol. The zero-order valence-corrected chi connectivity index (χ0v) is 19.9. The number of hydrogen-bond donors (Lipinski definition) is 2. The monoisotopic (exact) mass is 524 g/mol. The Morgan fingerprint density at radius 1 is 1.00 bits per heavy atom. The van der Waals surface area contributed by atoms with Gasteiger partial charge in [-0.15, -0.1) is 0 Å². The molecule has 190 valence electrons. The number of hydrogen-bond acceptors (Lipinski definition) is 4. The largest absolute Gasteiger partial charge is 0.457 e. The molecule has 3 aromatic rings. The molecule has 2 aromatic carbocycles. The van der Waals surface area contributed by atoms with Crippen molar-refractivity contribution in [3.05, 3.63) is 76.8 Å². The van der Waals surface area contributed by atoms with Crippen molar-refractivity contribution in [1.29, 1.82) is 0 Å². The Morgan fingerprint density at radius 2 is 1.69 bits per heavy atom. The van der Waals surface area contributed by atoms with Crippen molar-refractivity contribution >= 4 is 34.9 Å². The molecule has 3 rings (SSSR count). The lowest BCUT2D eigenvalue weighted by atomic mass is 10.2. The number of urea groups is 1. The molecule has 0 unspecified atom stereocenters. The van der Waals surface area contributed by atoms with Crippen LogP contribution in [0.25, 0.3) is 0 Å². The van der Waals surface area contributed by atoms with E-state index in [-0.39, 0.29) is 34.5 Å². The molecule has 0 spiro atoms. The number of carbonyl (C=O) groups is 2. The number of nitrogens with one attached hydrogen (secondary N) is 2. The van der Waals surface area contributed by atoms with Crippen molar-refractivity contribution in [3.8, 4) is 11.5 Å². The van der Waals surface area contributed by atoms with Gasteiger partial charge in [-0.25, -0.2) is 9.18 Å². The van der Waals surface area contributed by atoms with Gasteiger partial charge in [-0.05, 0) is 50.2 Å². The number of ether oxygens (including phenoxy) is 1. The fourth-order valence-corrected chi connectivity index (χ4v) is 3.39. The van der Waals surface area contributed by atoms with E-state index in [1.54, 1.807) is 4.90 Å². The Hall–Kier alpha value is -3.86. The molecule has 3 amide bonds. The second kappa shape index (κ2) is 11.3. The number of aromatic nitrogens is 1. The number of rotatable bonds is 7. The van der Waals surface area contributed by atoms with Gasteiger partial charge in [-0.1, -0.05) is 11.6 Å². The maximum atomic E-state index is 14.6. The number of pyridine rings is 1. The smallest absolute Gasteiger partial charge is 0.417 e. The summed E-state index contributed by atoms with van der Waals surface area (Å²) in [6.07, 6.45) is -3.31. The van der Waals surface area contributed by atoms with E-state index in [1.807, 2.05) is 13.8 Å². The Balaban J connectivity index is 1.68. The van der Waals surface area contributed by atoms with Gasteiger partial charge < -0.3 is 20.3 Å². The molecular formula is C24H21ClF4N4O3. The van der Waals surface area contributed by atoms with Crippen LogP contribution >= 0.6 is 11.6 Å². The van der Waals surface area contributed by atoms with Crippen LogP contribution in [-0.4, -0.2) is 34.9 Å². The fraction of sp³-hybridized carbons (Fsp3) is 0.208. The van der Waals surface area contributed by atoms with Gasteiger partial charge in [0.1, 0.15) is 23.0 Å². The molecule has 0 bridgehead atoms. The van der Waals surface area contributed by atoms with Crippen LogP contribution in [0, 0.1) is 5.82 Å². The number of benzene rings is 2. The van der Waals surface area contributed by atoms with Crippen molar-refractivity contribution in [2.75, 3.05) is 23.7 Å². The molecule has 0 fully saturated rings. The second-order valence-corrected chi connectivity index (χ2v) is 7.78. The quantitative estimate of drug-likeness (QED) is 0.332. The third-order valence-electron chi connectivity index (χ3n) is 4.96. The maximum Gasteiger partial charge on any atom is 0.417 e. The van der Waals surface area contributed by atoms with Crippen molar-refractivity contribution < 1.29 is 31.9 Å². The summed E-state index contributed by atoms with van der Waals surface area (Å²) in [7, 11) is 0. The molecule has 12 heteroatoms. The molecule has 36 heavy (non-hydrogen) atoms. The topological polar surface area (TPSA) is 83.6 Å². The minimum absolute atomic E-state index is 0.0819. The minimum Gasteiger partial charge on any atom is -0.457 e. The maximum absolute atomic E-state index is 14.6. The number of carbonyl (C=O) groups excluding carboxylic acids is 2. The highest BCUT2D eigenvalue weighted by Crippen LogP contribution is 2.36. The van der Waals surface area contributed by atoms with E-state index in [2.05, 4.69) is 15.6 Å². The van der Waals surface area contributed by atoms with E-state index < -0.39 is 28.6 Å². The Labute approximate surface area is 209 Å². The highest BCUT2D eigenvalue weighted by Gasteiger charge is 2.33. The first-order valence-corrected chi connectivity index (χ1v) is 11.1. The van der Waals surface area contributed by atoms with Gasteiger partial charge in [0.05, 0.1) is 16.3 Å². The zero-order valence-electron chi connectivity index (χ0n) is 19.1. The summed E-state index contributed by atoms with van der Waals surface area (Å²) < 4.78 is 59.2. The van der Waals surface area contributed by atoms with E-state index in [0.717, 1.165) is 12.1 Å². The lowest BCUT2D eigenvalue weighted by Gasteiger charge is -2.18. The summed E-state index contributed by atoms with van der Waals surface area (Å²) in [5, 5.41) is 3.90. The molecule has 0 aliphatic carbocycles. The van der Waals surface area contributed by atoms with Crippen LogP contribution in [0.3, 0.4) is 0 Å². The van der Waals surface area contributed by atoms with Crippen LogP contribution in [0.2, 0.25) is 5.02 Å². The molecule has 0 aliphatic rings. The van der Waals surface area contributed by atoms with E-state index in [9.17, 15) is 27.2 Å². The highest BCUT2D eigenvalue weighted by atomic mass is 35.5. The Bertz CT molecular complexity index is 1270. The summed E-state index contributed by atoms with van der Waals surface area (Å²) in [5.41, 5.74) is -1.37. The van der Waals surface area contributed by atoms with Crippen molar-refractivity contribution in [1.82, 2.24) is 9.88 Å². The van der Waals surface area contributed by atoms with Crippen molar-refractivity contribution in [3.63, 3.8) is 0 Å². The van der Waals surface area contributed by atoms with E-state index in [0.29, 0.717) is 19.2 Å². The number of anilines is 2. The third kappa shape index (κ3) is 6.63. The molecule has 0 aliphatic heterocycles. The lowest BCUT2D eigenvalue weighted by molar-refractivity contribution is -0.137. The van der Waals surface area contributed by atoms with Crippen molar-refractivity contribution in [2.45, 2.75) is 20.0 Å². The van der Waals surface area contributed by atoms with Crippen LogP contribution in [-0.2, 0) is 6.18 Å². The van der Waals surface area contributed by atoms with Crippen LogP contribution < -0.4 is 15.4 Å². The molecule has 2 N–H and O–H groups in total. The first-order chi connectivity index (χ1) is 17.0. The molecule has 0 radical (unpaired) electrons. The van der Waals surface area contributed by atoms with Gasteiger partial charge in [0.25, 0.3) is 5.91 Å². The van der Waals surface area contributed by atoms with E-state index >= 15 is 0 Å². The molecule has 0 saturated carbocycles. The van der Waals surface area contributed by atoms with Gasteiger partial charge in [0, 0.05) is 37.1 Å². The fourth-order valence-electron chi connectivity index (χ4n) is 3.17. The normalized spacial score (nSPS) is 11.1. The van der Waals surface area contributed by atoms with Crippen LogP contribution in [0.15, 0.2) is 54.7 Å². The summed E-state index contributed by atoms with van der Waals surface area (Å²) in [5.74, 6) is -0.798. The lowest BCUT2D eigenvalue weighted by Crippen LogP contribution is -2.31. The minimum atomic E-state index is -4.71. The van der Waals surface area contributed by atoms with Gasteiger partial charge >= 0.3 is 12.2 Å². The third-order valence-corrected chi connectivity index (χ3v) is 5.28. The van der Waals surface area contributed by atoms with Crippen molar-refractivity contribution in [2.24, 2.45) is 0 Å². The summed E-state index contributed by atoms with van der Waals surface area (Å²) in [4.78, 5) is 30.3. The number of nitrogens with zero attached hydrogens (tertiary/aromatic N) is 2. The predicted molar refractivity (Wildman–Crippen MR) is 127 cm³/mol. The van der Waals surface area contributed by atoms with Gasteiger partial charge in [-0.2, -0.15) is 13.2 Å². The molecule has 7 nitrogen and oxygen atoms in total. The molecular weight excluding hydrogens is 504 g/mol. The average Bonchev–Trinajstić information content (AvgIpc) is 2.82. The molecule has 1 aromatic heterocycles. The Kier molecular flexibility index (Phi) is 8.36. The van der Waals surface area contributed by atoms with Gasteiger partial charge in [-0.3, -0.25) is 9.78 Å². The predicted octanol–water partition coefficient (Wildman–Crippen LogP) is 6.81. The number of alkyl halides is 3. The SMILES string of the molecule is CCN(CC)C(=O)c1cc(Oc2ccc(NC(=O)Nc3ccc(Cl)c(C(F)(F)F)c3)c(F)c2)ccn1. The van der Waals surface area contributed by atoms with Gasteiger partial charge in [0.15, 0.2) is 0 Å². The van der Waals surface area contributed by atoms with Crippen LogP contribution in [0.5, 0.6) is 11.5 Å². The summed E-state index contributed by atoms with van der Waals surface area (Å²) in [6, 6.07) is 8.40. The van der Waals surface area contributed by atoms with Gasteiger partial charge in [0.2, 0.25) is 0 Å². The number of amides is 3. The van der Waals surface area contributed by atoms with Crippen LogP contribution in [0.4, 0.5) is 33.7 Å².